The molecule has 5 nitrogen and oxygen atoms in total. The van der Waals surface area contributed by atoms with E-state index in [2.05, 4.69) is 21.2 Å². The minimum absolute atomic E-state index is 0. The minimum atomic E-state index is -3.49. The summed E-state index contributed by atoms with van der Waals surface area (Å²) in [6.45, 7) is 1.62. The summed E-state index contributed by atoms with van der Waals surface area (Å²) >= 11 is 3.36. The molecule has 0 amide bonds. The average Bonchev–Trinajstić information content (AvgIpc) is 2.72. The molecule has 0 aliphatic carbocycles. The highest BCUT2D eigenvalue weighted by molar-refractivity contribution is 9.10. The van der Waals surface area contributed by atoms with Gasteiger partial charge < -0.3 is 10.1 Å². The van der Waals surface area contributed by atoms with Crippen LogP contribution in [0.5, 0.6) is 5.75 Å². The molecule has 2 atom stereocenters. The standard InChI is InChI=1S/C14H19BrN2O3S.ClH/c1-20-13-6-10(15)7-14(8-13)21(18,19)17-11-2-3-12(17)9-16-5-4-11;/h6-8,11-12,16H,2-5,9H2,1H3;1H. The van der Waals surface area contributed by atoms with E-state index in [0.29, 0.717) is 15.1 Å². The summed E-state index contributed by atoms with van der Waals surface area (Å²) in [5, 5.41) is 3.33. The van der Waals surface area contributed by atoms with Crippen LogP contribution in [0.4, 0.5) is 0 Å². The smallest absolute Gasteiger partial charge is 0.243 e. The van der Waals surface area contributed by atoms with Crippen LogP contribution in [-0.4, -0.2) is 45.0 Å². The molecule has 1 aromatic rings. The lowest BCUT2D eigenvalue weighted by Gasteiger charge is -2.27. The minimum Gasteiger partial charge on any atom is -0.497 e. The molecular weight excluding hydrogens is 392 g/mol. The number of benzene rings is 1. The van der Waals surface area contributed by atoms with E-state index in [4.69, 9.17) is 4.74 Å². The number of sulfonamides is 1. The van der Waals surface area contributed by atoms with Crippen LogP contribution in [-0.2, 0) is 10.0 Å². The van der Waals surface area contributed by atoms with E-state index in [1.54, 1.807) is 22.5 Å². The van der Waals surface area contributed by atoms with Crippen LogP contribution >= 0.6 is 28.3 Å². The number of methoxy groups -OCH3 is 1. The van der Waals surface area contributed by atoms with Crippen molar-refractivity contribution in [3.63, 3.8) is 0 Å². The molecule has 0 spiro atoms. The number of hydrogen-bond acceptors (Lipinski definition) is 4. The molecule has 124 valence electrons. The number of ether oxygens (including phenoxy) is 1. The topological polar surface area (TPSA) is 58.6 Å². The first-order chi connectivity index (χ1) is 10.0. The molecule has 22 heavy (non-hydrogen) atoms. The number of halogens is 2. The Morgan fingerprint density at radius 2 is 1.95 bits per heavy atom. The van der Waals surface area contributed by atoms with Gasteiger partial charge in [0.25, 0.3) is 0 Å². The van der Waals surface area contributed by atoms with Crippen molar-refractivity contribution >= 4 is 38.4 Å². The molecule has 0 aromatic heterocycles. The van der Waals surface area contributed by atoms with Crippen molar-refractivity contribution in [2.75, 3.05) is 20.2 Å². The van der Waals surface area contributed by atoms with Gasteiger partial charge in [-0.15, -0.1) is 12.4 Å². The number of fused-ring (bicyclic) bond motifs is 2. The Morgan fingerprint density at radius 3 is 2.68 bits per heavy atom. The summed E-state index contributed by atoms with van der Waals surface area (Å²) in [7, 11) is -1.95. The van der Waals surface area contributed by atoms with Crippen molar-refractivity contribution < 1.29 is 13.2 Å². The summed E-state index contributed by atoms with van der Waals surface area (Å²) in [4.78, 5) is 0.299. The number of rotatable bonds is 3. The van der Waals surface area contributed by atoms with Gasteiger partial charge in [0.15, 0.2) is 0 Å². The van der Waals surface area contributed by atoms with Crippen molar-refractivity contribution in [2.24, 2.45) is 0 Å². The fourth-order valence-corrected chi connectivity index (χ4v) is 5.84. The molecule has 0 saturated carbocycles. The van der Waals surface area contributed by atoms with Crippen molar-refractivity contribution in [1.29, 1.82) is 0 Å². The molecule has 2 fully saturated rings. The zero-order valence-corrected chi connectivity index (χ0v) is 15.5. The lowest BCUT2D eigenvalue weighted by atomic mass is 10.1. The monoisotopic (exact) mass is 410 g/mol. The van der Waals surface area contributed by atoms with E-state index in [1.807, 2.05) is 0 Å². The number of nitrogens with zero attached hydrogens (tertiary/aromatic N) is 1. The number of nitrogens with one attached hydrogen (secondary N) is 1. The fraction of sp³-hybridized carbons (Fsp3) is 0.571. The Morgan fingerprint density at radius 1 is 1.23 bits per heavy atom. The predicted octanol–water partition coefficient (Wildman–Crippen LogP) is 2.39. The highest BCUT2D eigenvalue weighted by atomic mass is 79.9. The SMILES string of the molecule is COc1cc(Br)cc(S(=O)(=O)N2C3CCNCC2CC3)c1.Cl. The first-order valence-electron chi connectivity index (χ1n) is 7.11. The first kappa shape index (κ1) is 18.0. The maximum absolute atomic E-state index is 13.0. The van der Waals surface area contributed by atoms with Gasteiger partial charge >= 0.3 is 0 Å². The normalized spacial score (nSPS) is 25.4. The second kappa shape index (κ2) is 7.05. The highest BCUT2D eigenvalue weighted by Gasteiger charge is 2.43. The number of hydrogen-bond donors (Lipinski definition) is 1. The van der Waals surface area contributed by atoms with Crippen LogP contribution in [0.25, 0.3) is 0 Å². The molecule has 2 aliphatic heterocycles. The average molecular weight is 412 g/mol. The summed E-state index contributed by atoms with van der Waals surface area (Å²) < 4.78 is 33.7. The largest absolute Gasteiger partial charge is 0.497 e. The third kappa shape index (κ3) is 3.28. The highest BCUT2D eigenvalue weighted by Crippen LogP contribution is 2.35. The van der Waals surface area contributed by atoms with E-state index < -0.39 is 10.0 Å². The molecule has 1 N–H and O–H groups in total. The van der Waals surface area contributed by atoms with Crippen LogP contribution in [0.2, 0.25) is 0 Å². The third-order valence-electron chi connectivity index (χ3n) is 4.24. The molecule has 2 aliphatic rings. The quantitative estimate of drug-likeness (QED) is 0.830. The Labute approximate surface area is 146 Å². The molecule has 2 bridgehead atoms. The second-order valence-corrected chi connectivity index (χ2v) is 8.30. The van der Waals surface area contributed by atoms with Gasteiger partial charge in [-0.3, -0.25) is 0 Å². The van der Waals surface area contributed by atoms with Crippen LogP contribution in [0, 0.1) is 0 Å². The van der Waals surface area contributed by atoms with Gasteiger partial charge in [0.1, 0.15) is 5.75 Å². The molecule has 2 unspecified atom stereocenters. The Balaban J connectivity index is 0.00000176. The van der Waals surface area contributed by atoms with Crippen molar-refractivity contribution in [1.82, 2.24) is 9.62 Å². The zero-order chi connectivity index (χ0) is 15.0. The summed E-state index contributed by atoms with van der Waals surface area (Å²) in [5.74, 6) is 0.545. The van der Waals surface area contributed by atoms with Gasteiger partial charge in [0.05, 0.1) is 12.0 Å². The third-order valence-corrected chi connectivity index (χ3v) is 6.68. The van der Waals surface area contributed by atoms with Gasteiger partial charge in [0, 0.05) is 29.2 Å². The van der Waals surface area contributed by atoms with Gasteiger partial charge in [-0.25, -0.2) is 8.42 Å². The van der Waals surface area contributed by atoms with E-state index in [0.717, 1.165) is 32.4 Å². The maximum atomic E-state index is 13.0. The molecule has 1 aromatic carbocycles. The first-order valence-corrected chi connectivity index (χ1v) is 9.34. The summed E-state index contributed by atoms with van der Waals surface area (Å²) in [6, 6.07) is 5.18. The van der Waals surface area contributed by atoms with E-state index in [9.17, 15) is 8.42 Å². The van der Waals surface area contributed by atoms with Gasteiger partial charge in [-0.2, -0.15) is 4.31 Å². The fourth-order valence-electron chi connectivity index (χ4n) is 3.26. The molecule has 2 saturated heterocycles. The lowest BCUT2D eigenvalue weighted by molar-refractivity contribution is 0.334. The molecule has 2 heterocycles. The van der Waals surface area contributed by atoms with E-state index in [1.165, 1.54) is 7.11 Å². The lowest BCUT2D eigenvalue weighted by Crippen LogP contribution is -2.42. The van der Waals surface area contributed by atoms with Gasteiger partial charge in [-0.1, -0.05) is 15.9 Å². The summed E-state index contributed by atoms with van der Waals surface area (Å²) in [6.07, 6.45) is 2.76. The zero-order valence-electron chi connectivity index (χ0n) is 12.3. The van der Waals surface area contributed by atoms with Crippen LogP contribution in [0.15, 0.2) is 27.6 Å². The van der Waals surface area contributed by atoms with Crippen molar-refractivity contribution in [3.05, 3.63) is 22.7 Å². The molecule has 0 radical (unpaired) electrons. The molecular formula is C14H20BrClN2O3S. The Bertz CT molecular complexity index is 627. The van der Waals surface area contributed by atoms with Crippen LogP contribution in [0.1, 0.15) is 19.3 Å². The van der Waals surface area contributed by atoms with Gasteiger partial charge in [0.2, 0.25) is 10.0 Å². The van der Waals surface area contributed by atoms with Gasteiger partial charge in [-0.05, 0) is 37.9 Å². The van der Waals surface area contributed by atoms with E-state index in [-0.39, 0.29) is 24.5 Å². The Kier molecular flexibility index (Phi) is 5.77. The van der Waals surface area contributed by atoms with Crippen LogP contribution < -0.4 is 10.1 Å². The van der Waals surface area contributed by atoms with E-state index >= 15 is 0 Å². The van der Waals surface area contributed by atoms with Crippen LogP contribution in [0.3, 0.4) is 0 Å². The molecule has 8 heteroatoms. The maximum Gasteiger partial charge on any atom is 0.243 e. The summed E-state index contributed by atoms with van der Waals surface area (Å²) in [5.41, 5.74) is 0. The van der Waals surface area contributed by atoms with Crippen molar-refractivity contribution in [3.8, 4) is 5.75 Å². The Hall–Kier alpha value is -0.340. The molecule has 3 rings (SSSR count). The second-order valence-electron chi connectivity index (χ2n) is 5.54. The predicted molar refractivity (Wildman–Crippen MR) is 91.3 cm³/mol. The van der Waals surface area contributed by atoms with Crippen molar-refractivity contribution in [2.45, 2.75) is 36.2 Å².